The summed E-state index contributed by atoms with van der Waals surface area (Å²) in [6, 6.07) is 12.2. The molecule has 0 spiro atoms. The normalized spacial score (nSPS) is 14.9. The Morgan fingerprint density at radius 3 is 2.87 bits per heavy atom. The van der Waals surface area contributed by atoms with Crippen LogP contribution in [0.4, 0.5) is 4.79 Å². The molecule has 1 aliphatic rings. The van der Waals surface area contributed by atoms with Crippen molar-refractivity contribution in [3.63, 3.8) is 0 Å². The van der Waals surface area contributed by atoms with E-state index in [4.69, 9.17) is 4.74 Å². The molecule has 0 radical (unpaired) electrons. The van der Waals surface area contributed by atoms with Gasteiger partial charge in [0.05, 0.1) is 0 Å². The summed E-state index contributed by atoms with van der Waals surface area (Å²) < 4.78 is 5.68. The summed E-state index contributed by atoms with van der Waals surface area (Å²) in [7, 11) is 4.01. The molecule has 0 bridgehead atoms. The van der Waals surface area contributed by atoms with E-state index in [0.29, 0.717) is 24.9 Å². The van der Waals surface area contributed by atoms with Crippen molar-refractivity contribution in [1.29, 1.82) is 0 Å². The summed E-state index contributed by atoms with van der Waals surface area (Å²) in [5, 5.41) is 4.34. The Morgan fingerprint density at radius 1 is 1.26 bits per heavy atom. The van der Waals surface area contributed by atoms with Crippen molar-refractivity contribution < 1.29 is 9.53 Å². The summed E-state index contributed by atoms with van der Waals surface area (Å²) in [5.41, 5.74) is 3.53. The minimum absolute atomic E-state index is 0.00994. The van der Waals surface area contributed by atoms with Crippen LogP contribution in [-0.2, 0) is 6.54 Å². The zero-order valence-corrected chi connectivity index (χ0v) is 18.3. The van der Waals surface area contributed by atoms with Gasteiger partial charge in [-0.25, -0.2) is 9.78 Å². The molecule has 7 nitrogen and oxygen atoms in total. The van der Waals surface area contributed by atoms with Crippen molar-refractivity contribution in [3.05, 3.63) is 59.9 Å². The Kier molecular flexibility index (Phi) is 6.72. The van der Waals surface area contributed by atoms with Crippen LogP contribution in [0.3, 0.4) is 0 Å². The van der Waals surface area contributed by atoms with Gasteiger partial charge in [0.25, 0.3) is 0 Å². The first-order valence-electron chi connectivity index (χ1n) is 10.9. The third-order valence-corrected chi connectivity index (χ3v) is 5.87. The lowest BCUT2D eigenvalue weighted by Gasteiger charge is -2.32. The number of amides is 2. The van der Waals surface area contributed by atoms with Crippen molar-refractivity contribution in [1.82, 2.24) is 25.1 Å². The van der Waals surface area contributed by atoms with E-state index in [1.165, 1.54) is 16.5 Å². The molecule has 1 aromatic carbocycles. The highest BCUT2D eigenvalue weighted by Gasteiger charge is 2.25. The van der Waals surface area contributed by atoms with Crippen LogP contribution in [0.2, 0.25) is 0 Å². The minimum Gasteiger partial charge on any atom is -0.476 e. The Balaban J connectivity index is 1.26. The van der Waals surface area contributed by atoms with E-state index in [2.05, 4.69) is 50.6 Å². The average molecular weight is 422 g/mol. The Labute approximate surface area is 183 Å². The molecule has 1 fully saturated rings. The molecule has 2 aromatic heterocycles. The molecular formula is C24H31N5O2. The van der Waals surface area contributed by atoms with Gasteiger partial charge in [-0.1, -0.05) is 18.2 Å². The van der Waals surface area contributed by atoms with E-state index in [9.17, 15) is 4.79 Å². The van der Waals surface area contributed by atoms with Gasteiger partial charge in [-0.3, -0.25) is 0 Å². The predicted molar refractivity (Wildman–Crippen MR) is 122 cm³/mol. The molecule has 0 aliphatic carbocycles. The number of aromatic nitrogens is 2. The van der Waals surface area contributed by atoms with Gasteiger partial charge in [0.15, 0.2) is 0 Å². The maximum Gasteiger partial charge on any atom is 0.317 e. The Morgan fingerprint density at radius 2 is 2.06 bits per heavy atom. The monoisotopic (exact) mass is 421 g/mol. The highest BCUT2D eigenvalue weighted by atomic mass is 16.5. The number of nitrogens with one attached hydrogen (secondary N) is 2. The third kappa shape index (κ3) is 5.35. The molecule has 31 heavy (non-hydrogen) atoms. The number of nitrogens with zero attached hydrogens (tertiary/aromatic N) is 3. The quantitative estimate of drug-likeness (QED) is 0.611. The van der Waals surface area contributed by atoms with Gasteiger partial charge < -0.3 is 24.8 Å². The number of urea groups is 1. The van der Waals surface area contributed by atoms with Gasteiger partial charge >= 0.3 is 6.03 Å². The highest BCUT2D eigenvalue weighted by Crippen LogP contribution is 2.33. The third-order valence-electron chi connectivity index (χ3n) is 5.87. The number of likely N-dealkylation sites (N-methyl/N-ethyl adjacent to an activating group) is 1. The molecule has 0 unspecified atom stereocenters. The number of fused-ring (bicyclic) bond motifs is 1. The molecule has 164 valence electrons. The number of rotatable bonds is 7. The van der Waals surface area contributed by atoms with Gasteiger partial charge in [-0.05, 0) is 56.1 Å². The van der Waals surface area contributed by atoms with Crippen LogP contribution in [0, 0.1) is 0 Å². The zero-order valence-electron chi connectivity index (χ0n) is 18.3. The molecular weight excluding hydrogens is 390 g/mol. The molecule has 0 saturated carbocycles. The number of aromatic amines is 1. The lowest BCUT2D eigenvalue weighted by molar-refractivity contribution is 0.181. The standard InChI is InChI=1S/C24H31N5O2/c1-28(2)13-14-31-23-15-18(7-10-25-23)16-27-24(30)29-11-8-19(9-12-29)21-17-26-22-6-4-3-5-20(21)22/h3-7,10,15,17,19,26H,8-9,11-14,16H2,1-2H3,(H,27,30). The van der Waals surface area contributed by atoms with Gasteiger partial charge in [-0.15, -0.1) is 0 Å². The fourth-order valence-corrected chi connectivity index (χ4v) is 4.09. The largest absolute Gasteiger partial charge is 0.476 e. The smallest absolute Gasteiger partial charge is 0.317 e. The number of carbonyl (C=O) groups excluding carboxylic acids is 1. The van der Waals surface area contributed by atoms with Gasteiger partial charge in [-0.2, -0.15) is 0 Å². The summed E-state index contributed by atoms with van der Waals surface area (Å²) >= 11 is 0. The number of benzene rings is 1. The number of hydrogen-bond donors (Lipinski definition) is 2. The fourth-order valence-electron chi connectivity index (χ4n) is 4.09. The van der Waals surface area contributed by atoms with E-state index in [1.54, 1.807) is 6.20 Å². The fraction of sp³-hybridized carbons (Fsp3) is 0.417. The number of para-hydroxylation sites is 1. The second-order valence-electron chi connectivity index (χ2n) is 8.36. The van der Waals surface area contributed by atoms with Crippen LogP contribution in [0.5, 0.6) is 5.88 Å². The van der Waals surface area contributed by atoms with Crippen LogP contribution in [-0.4, -0.2) is 66.1 Å². The van der Waals surface area contributed by atoms with Crippen LogP contribution in [0.15, 0.2) is 48.8 Å². The molecule has 2 amide bonds. The second kappa shape index (κ2) is 9.83. The van der Waals surface area contributed by atoms with E-state index in [0.717, 1.165) is 38.0 Å². The van der Waals surface area contributed by atoms with E-state index in [-0.39, 0.29) is 6.03 Å². The number of pyridine rings is 1. The predicted octanol–water partition coefficient (Wildman–Crippen LogP) is 3.59. The molecule has 1 saturated heterocycles. The Bertz CT molecular complexity index is 1010. The van der Waals surface area contributed by atoms with E-state index < -0.39 is 0 Å². The summed E-state index contributed by atoms with van der Waals surface area (Å²) in [5.74, 6) is 1.08. The minimum atomic E-state index is -0.00994. The average Bonchev–Trinajstić information content (AvgIpc) is 3.22. The number of H-pyrrole nitrogens is 1. The molecule has 2 N–H and O–H groups in total. The van der Waals surface area contributed by atoms with E-state index >= 15 is 0 Å². The molecule has 4 rings (SSSR count). The number of carbonyl (C=O) groups is 1. The van der Waals surface area contributed by atoms with E-state index in [1.807, 2.05) is 31.1 Å². The second-order valence-corrected chi connectivity index (χ2v) is 8.36. The maximum atomic E-state index is 12.7. The van der Waals surface area contributed by atoms with Crippen LogP contribution >= 0.6 is 0 Å². The highest BCUT2D eigenvalue weighted by molar-refractivity contribution is 5.83. The van der Waals surface area contributed by atoms with Crippen LogP contribution < -0.4 is 10.1 Å². The van der Waals surface area contributed by atoms with Crippen molar-refractivity contribution in [2.45, 2.75) is 25.3 Å². The first kappa shape index (κ1) is 21.2. The lowest BCUT2D eigenvalue weighted by atomic mass is 9.89. The molecule has 0 atom stereocenters. The molecule has 7 heteroatoms. The van der Waals surface area contributed by atoms with Gasteiger partial charge in [0, 0.05) is 55.5 Å². The zero-order chi connectivity index (χ0) is 21.6. The van der Waals surface area contributed by atoms with Crippen LogP contribution in [0.25, 0.3) is 10.9 Å². The first-order chi connectivity index (χ1) is 15.1. The summed E-state index contributed by atoms with van der Waals surface area (Å²) in [4.78, 5) is 24.3. The molecule has 1 aliphatic heterocycles. The number of likely N-dealkylation sites (tertiary alicyclic amines) is 1. The SMILES string of the molecule is CN(C)CCOc1cc(CNC(=O)N2CCC(c3c[nH]c4ccccc34)CC2)ccn1. The summed E-state index contributed by atoms with van der Waals surface area (Å²) in [6.07, 6.45) is 5.81. The summed E-state index contributed by atoms with van der Waals surface area (Å²) in [6.45, 7) is 3.42. The van der Waals surface area contributed by atoms with Crippen molar-refractivity contribution >= 4 is 16.9 Å². The van der Waals surface area contributed by atoms with Crippen LogP contribution in [0.1, 0.15) is 29.9 Å². The number of piperidine rings is 1. The number of hydrogen-bond acceptors (Lipinski definition) is 4. The number of ether oxygens (including phenoxy) is 1. The molecule has 3 heterocycles. The maximum absolute atomic E-state index is 12.7. The topological polar surface area (TPSA) is 73.5 Å². The lowest BCUT2D eigenvalue weighted by Crippen LogP contribution is -2.43. The van der Waals surface area contributed by atoms with Crippen molar-refractivity contribution in [3.8, 4) is 5.88 Å². The van der Waals surface area contributed by atoms with Crippen molar-refractivity contribution in [2.75, 3.05) is 40.3 Å². The first-order valence-corrected chi connectivity index (χ1v) is 10.9. The molecule has 3 aromatic rings. The Hall–Kier alpha value is -3.06. The van der Waals surface area contributed by atoms with Crippen molar-refractivity contribution in [2.24, 2.45) is 0 Å². The van der Waals surface area contributed by atoms with Gasteiger partial charge in [0.1, 0.15) is 6.61 Å². The van der Waals surface area contributed by atoms with Gasteiger partial charge in [0.2, 0.25) is 5.88 Å².